The number of hydrogen-bond acceptors (Lipinski definition) is 4. The zero-order valence-electron chi connectivity index (χ0n) is 17.8. The van der Waals surface area contributed by atoms with Gasteiger partial charge in [0.2, 0.25) is 0 Å². The summed E-state index contributed by atoms with van der Waals surface area (Å²) in [5.74, 6) is -1.21. The van der Waals surface area contributed by atoms with Gasteiger partial charge in [-0.25, -0.2) is 13.8 Å². The van der Waals surface area contributed by atoms with Gasteiger partial charge in [0.1, 0.15) is 11.6 Å². The van der Waals surface area contributed by atoms with Gasteiger partial charge in [0.25, 0.3) is 11.5 Å². The summed E-state index contributed by atoms with van der Waals surface area (Å²) in [6.45, 7) is 1.61. The lowest BCUT2D eigenvalue weighted by molar-refractivity contribution is 0.0932. The van der Waals surface area contributed by atoms with Crippen LogP contribution in [0.4, 0.5) is 8.78 Å². The minimum absolute atomic E-state index is 0.164. The molecule has 0 saturated heterocycles. The number of nitrogens with one attached hydrogen (secondary N) is 1. The molecule has 2 aromatic heterocycles. The summed E-state index contributed by atoms with van der Waals surface area (Å²) < 4.78 is 29.9. The van der Waals surface area contributed by atoms with Gasteiger partial charge < -0.3 is 5.32 Å². The van der Waals surface area contributed by atoms with E-state index in [1.165, 1.54) is 47.4 Å². The second-order valence-electron chi connectivity index (χ2n) is 8.17. The van der Waals surface area contributed by atoms with Crippen molar-refractivity contribution in [2.45, 2.75) is 25.8 Å². The summed E-state index contributed by atoms with van der Waals surface area (Å²) in [4.78, 5) is 35.0. The predicted octanol–water partition coefficient (Wildman–Crippen LogP) is 4.25. The molecule has 1 aliphatic carbocycles. The Morgan fingerprint density at radius 2 is 1.94 bits per heavy atom. The van der Waals surface area contributed by atoms with E-state index < -0.39 is 23.3 Å². The van der Waals surface area contributed by atoms with Gasteiger partial charge >= 0.3 is 0 Å². The summed E-state index contributed by atoms with van der Waals surface area (Å²) in [6.07, 6.45) is 6.07. The van der Waals surface area contributed by atoms with E-state index in [1.807, 2.05) is 0 Å². The van der Waals surface area contributed by atoms with Crippen molar-refractivity contribution in [2.75, 3.05) is 0 Å². The minimum atomic E-state index is -0.729. The van der Waals surface area contributed by atoms with Crippen molar-refractivity contribution in [3.05, 3.63) is 99.9 Å². The van der Waals surface area contributed by atoms with Gasteiger partial charge in [0.15, 0.2) is 5.82 Å². The lowest BCUT2D eigenvalue weighted by Crippen LogP contribution is -2.33. The number of carbonyl (C=O) groups is 1. The number of rotatable bonds is 5. The van der Waals surface area contributed by atoms with E-state index in [0.29, 0.717) is 11.3 Å². The Morgan fingerprint density at radius 1 is 1.15 bits per heavy atom. The van der Waals surface area contributed by atoms with Crippen molar-refractivity contribution < 1.29 is 13.6 Å². The van der Waals surface area contributed by atoms with Crippen LogP contribution < -0.4 is 10.9 Å². The van der Waals surface area contributed by atoms with E-state index in [-0.39, 0.29) is 33.9 Å². The van der Waals surface area contributed by atoms with Crippen molar-refractivity contribution in [2.24, 2.45) is 5.92 Å². The molecule has 1 fully saturated rings. The molecule has 5 rings (SSSR count). The molecule has 6 nitrogen and oxygen atoms in total. The molecule has 0 bridgehead atoms. The van der Waals surface area contributed by atoms with E-state index in [4.69, 9.17) is 0 Å². The maximum Gasteiger partial charge on any atom is 0.267 e. The van der Waals surface area contributed by atoms with Crippen LogP contribution in [0.5, 0.6) is 0 Å². The van der Waals surface area contributed by atoms with Crippen molar-refractivity contribution in [1.29, 1.82) is 0 Å². The Labute approximate surface area is 187 Å². The highest BCUT2D eigenvalue weighted by Gasteiger charge is 2.35. The molecule has 4 aromatic rings. The average Bonchev–Trinajstić information content (AvgIpc) is 3.63. The summed E-state index contributed by atoms with van der Waals surface area (Å²) in [7, 11) is 0. The van der Waals surface area contributed by atoms with Gasteiger partial charge in [0, 0.05) is 23.5 Å². The monoisotopic (exact) mass is 446 g/mol. The van der Waals surface area contributed by atoms with Crippen LogP contribution in [0.15, 0.2) is 65.8 Å². The molecule has 1 saturated carbocycles. The zero-order valence-corrected chi connectivity index (χ0v) is 17.8. The van der Waals surface area contributed by atoms with E-state index in [1.54, 1.807) is 25.1 Å². The molecule has 0 spiro atoms. The van der Waals surface area contributed by atoms with Crippen LogP contribution in [0.2, 0.25) is 0 Å². The fourth-order valence-corrected chi connectivity index (χ4v) is 4.31. The zero-order chi connectivity index (χ0) is 23.1. The first-order valence-corrected chi connectivity index (χ1v) is 10.6. The third-order valence-corrected chi connectivity index (χ3v) is 5.99. The normalized spacial score (nSPS) is 14.3. The first kappa shape index (κ1) is 20.9. The van der Waals surface area contributed by atoms with Crippen LogP contribution >= 0.6 is 0 Å². The number of fused-ring (bicyclic) bond motifs is 1. The Hall–Kier alpha value is -3.94. The summed E-state index contributed by atoms with van der Waals surface area (Å²) >= 11 is 0. The number of pyridine rings is 1. The molecule has 1 aliphatic rings. The predicted molar refractivity (Wildman–Crippen MR) is 119 cm³/mol. The SMILES string of the molecule is Cc1c(C(=O)N[C@H](c2cccc(F)c2)C2CC2)c2cccc(F)c2c(=O)n1-c1cnccn1. The Kier molecular flexibility index (Phi) is 5.20. The molecular formula is C25H20F2N4O2. The van der Waals surface area contributed by atoms with Crippen LogP contribution in [0.3, 0.4) is 0 Å². The molecule has 0 radical (unpaired) electrons. The number of nitrogens with zero attached hydrogens (tertiary/aromatic N) is 3. The Balaban J connectivity index is 1.68. The van der Waals surface area contributed by atoms with Crippen LogP contribution in [0, 0.1) is 24.5 Å². The molecule has 2 aromatic carbocycles. The summed E-state index contributed by atoms with van der Waals surface area (Å²) in [5.41, 5.74) is 0.518. The van der Waals surface area contributed by atoms with Crippen molar-refractivity contribution in [3.8, 4) is 5.82 Å². The standard InChI is InChI=1S/C25H20F2N4O2/c1-14-21(24(32)30-23(15-8-9-15)16-4-2-5-17(26)12-16)18-6-3-7-19(27)22(18)25(33)31(14)20-13-28-10-11-29-20/h2-7,10-13,15,23H,8-9H2,1H3,(H,30,32)/t23-/m0/s1. The molecule has 1 amide bonds. The molecule has 33 heavy (non-hydrogen) atoms. The van der Waals surface area contributed by atoms with Gasteiger partial charge in [-0.3, -0.25) is 19.1 Å². The average molecular weight is 446 g/mol. The van der Waals surface area contributed by atoms with Crippen molar-refractivity contribution in [3.63, 3.8) is 0 Å². The Morgan fingerprint density at radius 3 is 2.64 bits per heavy atom. The third kappa shape index (κ3) is 3.77. The molecule has 2 heterocycles. The minimum Gasteiger partial charge on any atom is -0.345 e. The number of amides is 1. The third-order valence-electron chi connectivity index (χ3n) is 5.99. The van der Waals surface area contributed by atoms with Crippen molar-refractivity contribution >= 4 is 16.7 Å². The lowest BCUT2D eigenvalue weighted by atomic mass is 9.99. The molecule has 0 aliphatic heterocycles. The largest absolute Gasteiger partial charge is 0.345 e. The van der Waals surface area contributed by atoms with E-state index in [0.717, 1.165) is 12.8 Å². The number of hydrogen-bond donors (Lipinski definition) is 1. The fourth-order valence-electron chi connectivity index (χ4n) is 4.31. The van der Waals surface area contributed by atoms with E-state index in [9.17, 15) is 18.4 Å². The van der Waals surface area contributed by atoms with E-state index in [2.05, 4.69) is 15.3 Å². The number of benzene rings is 2. The highest BCUT2D eigenvalue weighted by Crippen LogP contribution is 2.41. The molecule has 0 unspecified atom stereocenters. The maximum atomic E-state index is 14.8. The molecule has 1 N–H and O–H groups in total. The van der Waals surface area contributed by atoms with Gasteiger partial charge in [0.05, 0.1) is 23.2 Å². The molecule has 166 valence electrons. The maximum absolute atomic E-state index is 14.8. The quantitative estimate of drug-likeness (QED) is 0.497. The first-order valence-electron chi connectivity index (χ1n) is 10.6. The van der Waals surface area contributed by atoms with Crippen LogP contribution in [0.25, 0.3) is 16.6 Å². The van der Waals surface area contributed by atoms with Gasteiger partial charge in [-0.15, -0.1) is 0 Å². The molecule has 8 heteroatoms. The van der Waals surface area contributed by atoms with Crippen LogP contribution in [-0.2, 0) is 0 Å². The lowest BCUT2D eigenvalue weighted by Gasteiger charge is -2.22. The summed E-state index contributed by atoms with van der Waals surface area (Å²) in [6, 6.07) is 9.95. The second-order valence-corrected chi connectivity index (χ2v) is 8.17. The first-order chi connectivity index (χ1) is 16.0. The highest BCUT2D eigenvalue weighted by atomic mass is 19.1. The highest BCUT2D eigenvalue weighted by molar-refractivity contribution is 6.08. The van der Waals surface area contributed by atoms with Crippen LogP contribution in [0.1, 0.15) is 40.5 Å². The van der Waals surface area contributed by atoms with Crippen molar-refractivity contribution in [1.82, 2.24) is 19.9 Å². The van der Waals surface area contributed by atoms with Crippen LogP contribution in [-0.4, -0.2) is 20.4 Å². The van der Waals surface area contributed by atoms with Gasteiger partial charge in [-0.2, -0.15) is 0 Å². The van der Waals surface area contributed by atoms with E-state index >= 15 is 0 Å². The molecular weight excluding hydrogens is 426 g/mol. The van der Waals surface area contributed by atoms with Gasteiger partial charge in [-0.05, 0) is 49.4 Å². The number of aromatic nitrogens is 3. The smallest absolute Gasteiger partial charge is 0.267 e. The topological polar surface area (TPSA) is 76.9 Å². The summed E-state index contributed by atoms with van der Waals surface area (Å²) in [5, 5.41) is 3.02. The van der Waals surface area contributed by atoms with Gasteiger partial charge in [-0.1, -0.05) is 24.3 Å². The fraction of sp³-hybridized carbons (Fsp3) is 0.200. The Bertz CT molecular complexity index is 1430. The number of carbonyl (C=O) groups excluding carboxylic acids is 1. The molecule has 1 atom stereocenters. The second kappa shape index (κ2) is 8.20. The number of halogens is 2.